The molecule has 0 aliphatic carbocycles. The minimum absolute atomic E-state index is 0.284. The standard InChI is InChI=1S/C14H17F2NO2/c1-3-17-7-11(12(8-17)14(18)19-2)10-5-4-9(15)6-13(10)16/h4-6,11-12H,3,7-8H2,1-2H3/t11-,12+/m0/s1. The van der Waals surface area contributed by atoms with Gasteiger partial charge < -0.3 is 9.64 Å². The summed E-state index contributed by atoms with van der Waals surface area (Å²) in [5.74, 6) is -2.24. The van der Waals surface area contributed by atoms with Crippen LogP contribution in [0.25, 0.3) is 0 Å². The number of ether oxygens (including phenoxy) is 1. The number of carbonyl (C=O) groups is 1. The summed E-state index contributed by atoms with van der Waals surface area (Å²) in [6.07, 6.45) is 0. The summed E-state index contributed by atoms with van der Waals surface area (Å²) in [5.41, 5.74) is 0.382. The molecule has 104 valence electrons. The molecule has 1 aromatic rings. The molecule has 1 aliphatic heterocycles. The van der Waals surface area contributed by atoms with Gasteiger partial charge in [0.15, 0.2) is 0 Å². The van der Waals surface area contributed by atoms with Crippen LogP contribution in [-0.2, 0) is 9.53 Å². The number of methoxy groups -OCH3 is 1. The molecule has 0 spiro atoms. The normalized spacial score (nSPS) is 23.6. The molecule has 0 N–H and O–H groups in total. The molecule has 1 fully saturated rings. The molecule has 1 aromatic carbocycles. The number of hydrogen-bond donors (Lipinski definition) is 0. The first-order valence-corrected chi connectivity index (χ1v) is 6.32. The fourth-order valence-corrected chi connectivity index (χ4v) is 2.65. The number of hydrogen-bond acceptors (Lipinski definition) is 3. The molecule has 0 amide bonds. The molecule has 0 aromatic heterocycles. The Bertz CT molecular complexity index is 479. The van der Waals surface area contributed by atoms with Crippen LogP contribution < -0.4 is 0 Å². The fraction of sp³-hybridized carbons (Fsp3) is 0.500. The van der Waals surface area contributed by atoms with E-state index in [-0.39, 0.29) is 11.9 Å². The summed E-state index contributed by atoms with van der Waals surface area (Å²) in [4.78, 5) is 13.9. The summed E-state index contributed by atoms with van der Waals surface area (Å²) >= 11 is 0. The highest BCUT2D eigenvalue weighted by Crippen LogP contribution is 2.34. The van der Waals surface area contributed by atoms with Gasteiger partial charge in [0.05, 0.1) is 13.0 Å². The van der Waals surface area contributed by atoms with Crippen molar-refractivity contribution in [1.29, 1.82) is 0 Å². The van der Waals surface area contributed by atoms with E-state index in [0.717, 1.165) is 12.6 Å². The molecule has 3 nitrogen and oxygen atoms in total. The van der Waals surface area contributed by atoms with E-state index in [1.54, 1.807) is 0 Å². The van der Waals surface area contributed by atoms with Gasteiger partial charge in [-0.05, 0) is 18.2 Å². The van der Waals surface area contributed by atoms with Crippen molar-refractivity contribution in [3.05, 3.63) is 35.4 Å². The second-order valence-electron chi connectivity index (χ2n) is 4.75. The molecule has 1 aliphatic rings. The van der Waals surface area contributed by atoms with Crippen molar-refractivity contribution in [2.24, 2.45) is 5.92 Å². The van der Waals surface area contributed by atoms with Crippen molar-refractivity contribution in [3.63, 3.8) is 0 Å². The number of nitrogens with zero attached hydrogens (tertiary/aromatic N) is 1. The van der Waals surface area contributed by atoms with Crippen LogP contribution in [0.2, 0.25) is 0 Å². The monoisotopic (exact) mass is 269 g/mol. The fourth-order valence-electron chi connectivity index (χ4n) is 2.65. The zero-order chi connectivity index (χ0) is 14.0. The maximum absolute atomic E-state index is 13.9. The average molecular weight is 269 g/mol. The van der Waals surface area contributed by atoms with Gasteiger partial charge in [-0.15, -0.1) is 0 Å². The van der Waals surface area contributed by atoms with Crippen molar-refractivity contribution in [2.45, 2.75) is 12.8 Å². The number of benzene rings is 1. The Labute approximate surface area is 111 Å². The zero-order valence-corrected chi connectivity index (χ0v) is 11.0. The molecular weight excluding hydrogens is 252 g/mol. The van der Waals surface area contributed by atoms with E-state index in [1.807, 2.05) is 6.92 Å². The highest BCUT2D eigenvalue weighted by Gasteiger charge is 2.39. The quantitative estimate of drug-likeness (QED) is 0.788. The Morgan fingerprint density at radius 3 is 2.74 bits per heavy atom. The van der Waals surface area contributed by atoms with Gasteiger partial charge in [-0.2, -0.15) is 0 Å². The number of rotatable bonds is 3. The molecule has 19 heavy (non-hydrogen) atoms. The van der Waals surface area contributed by atoms with Crippen LogP contribution in [-0.4, -0.2) is 37.6 Å². The first-order valence-electron chi connectivity index (χ1n) is 6.32. The largest absolute Gasteiger partial charge is 0.469 e. The van der Waals surface area contributed by atoms with Crippen LogP contribution in [0.5, 0.6) is 0 Å². The SMILES string of the molecule is CCN1C[C@@H](C(=O)OC)[C@H](c2ccc(F)cc2F)C1. The van der Waals surface area contributed by atoms with Crippen LogP contribution in [0.3, 0.4) is 0 Å². The number of halogens is 2. The van der Waals surface area contributed by atoms with Crippen molar-refractivity contribution >= 4 is 5.97 Å². The highest BCUT2D eigenvalue weighted by atomic mass is 19.1. The Morgan fingerprint density at radius 1 is 1.42 bits per heavy atom. The zero-order valence-electron chi connectivity index (χ0n) is 11.0. The lowest BCUT2D eigenvalue weighted by molar-refractivity contribution is -0.145. The van der Waals surface area contributed by atoms with E-state index in [4.69, 9.17) is 4.74 Å². The van der Waals surface area contributed by atoms with Crippen LogP contribution in [0.15, 0.2) is 18.2 Å². The predicted molar refractivity (Wildman–Crippen MR) is 66.7 cm³/mol. The third-order valence-corrected chi connectivity index (χ3v) is 3.71. The summed E-state index contributed by atoms with van der Waals surface area (Å²) in [6, 6.07) is 3.50. The molecule has 1 saturated heterocycles. The van der Waals surface area contributed by atoms with E-state index >= 15 is 0 Å². The molecular formula is C14H17F2NO2. The lowest BCUT2D eigenvalue weighted by Gasteiger charge is -2.17. The summed E-state index contributed by atoms with van der Waals surface area (Å²) in [5, 5.41) is 0. The maximum atomic E-state index is 13.9. The Balaban J connectivity index is 2.32. The number of esters is 1. The van der Waals surface area contributed by atoms with Crippen LogP contribution in [0, 0.1) is 17.6 Å². The molecule has 0 bridgehead atoms. The van der Waals surface area contributed by atoms with Crippen molar-refractivity contribution in [2.75, 3.05) is 26.7 Å². The summed E-state index contributed by atoms with van der Waals surface area (Å²) in [7, 11) is 1.33. The third kappa shape index (κ3) is 2.76. The van der Waals surface area contributed by atoms with Crippen LogP contribution in [0.4, 0.5) is 8.78 Å². The predicted octanol–water partition coefficient (Wildman–Crippen LogP) is 2.17. The smallest absolute Gasteiger partial charge is 0.310 e. The van der Waals surface area contributed by atoms with E-state index in [2.05, 4.69) is 4.90 Å². The van der Waals surface area contributed by atoms with Gasteiger partial charge in [0, 0.05) is 25.1 Å². The van der Waals surface area contributed by atoms with Gasteiger partial charge in [-0.1, -0.05) is 13.0 Å². The van der Waals surface area contributed by atoms with Crippen LogP contribution >= 0.6 is 0 Å². The molecule has 0 saturated carbocycles. The molecule has 2 rings (SSSR count). The minimum atomic E-state index is -0.610. The van der Waals surface area contributed by atoms with E-state index < -0.39 is 17.6 Å². The summed E-state index contributed by atoms with van der Waals surface area (Å²) in [6.45, 7) is 3.90. The maximum Gasteiger partial charge on any atom is 0.310 e. The van der Waals surface area contributed by atoms with Crippen molar-refractivity contribution in [3.8, 4) is 0 Å². The second kappa shape index (κ2) is 5.65. The molecule has 0 radical (unpaired) electrons. The van der Waals surface area contributed by atoms with Crippen molar-refractivity contribution < 1.29 is 18.3 Å². The van der Waals surface area contributed by atoms with Gasteiger partial charge >= 0.3 is 5.97 Å². The number of likely N-dealkylation sites (tertiary alicyclic amines) is 1. The first-order chi connectivity index (χ1) is 9.06. The van der Waals surface area contributed by atoms with Gasteiger partial charge in [0.1, 0.15) is 11.6 Å². The Kier molecular flexibility index (Phi) is 4.14. The lowest BCUT2D eigenvalue weighted by atomic mass is 9.88. The third-order valence-electron chi connectivity index (χ3n) is 3.71. The van der Waals surface area contributed by atoms with Crippen LogP contribution in [0.1, 0.15) is 18.4 Å². The van der Waals surface area contributed by atoms with Gasteiger partial charge in [-0.3, -0.25) is 4.79 Å². The highest BCUT2D eigenvalue weighted by molar-refractivity contribution is 5.74. The number of likely N-dealkylation sites (N-methyl/N-ethyl adjacent to an activating group) is 1. The lowest BCUT2D eigenvalue weighted by Crippen LogP contribution is -2.24. The van der Waals surface area contributed by atoms with Gasteiger partial charge in [0.2, 0.25) is 0 Å². The van der Waals surface area contributed by atoms with E-state index in [1.165, 1.54) is 19.2 Å². The van der Waals surface area contributed by atoms with Gasteiger partial charge in [0.25, 0.3) is 0 Å². The minimum Gasteiger partial charge on any atom is -0.469 e. The molecule has 1 heterocycles. The van der Waals surface area contributed by atoms with E-state index in [9.17, 15) is 13.6 Å². The average Bonchev–Trinajstić information content (AvgIpc) is 2.82. The Morgan fingerprint density at radius 2 is 2.16 bits per heavy atom. The van der Waals surface area contributed by atoms with E-state index in [0.29, 0.717) is 18.7 Å². The first kappa shape index (κ1) is 13.9. The molecule has 2 atom stereocenters. The van der Waals surface area contributed by atoms with Gasteiger partial charge in [-0.25, -0.2) is 8.78 Å². The topological polar surface area (TPSA) is 29.5 Å². The van der Waals surface area contributed by atoms with Crippen molar-refractivity contribution in [1.82, 2.24) is 4.90 Å². The summed E-state index contributed by atoms with van der Waals surface area (Å²) < 4.78 is 31.6. The molecule has 5 heteroatoms. The molecule has 0 unspecified atom stereocenters. The second-order valence-corrected chi connectivity index (χ2v) is 4.75. The number of carbonyl (C=O) groups excluding carboxylic acids is 1. The Hall–Kier alpha value is -1.49.